The van der Waals surface area contributed by atoms with Gasteiger partial charge in [-0.05, 0) is 35.9 Å². The van der Waals surface area contributed by atoms with Crippen molar-refractivity contribution in [2.75, 3.05) is 31.2 Å². The first-order valence-corrected chi connectivity index (χ1v) is 9.28. The molecule has 0 atom stereocenters. The highest BCUT2D eigenvalue weighted by molar-refractivity contribution is 6.30. The third-order valence-electron chi connectivity index (χ3n) is 4.70. The number of halogens is 1. The van der Waals surface area contributed by atoms with E-state index >= 15 is 0 Å². The monoisotopic (exact) mass is 376 g/mol. The molecule has 1 saturated heterocycles. The SMILES string of the molecule is N#C/C(=C/c1cc2ccccc2[nH+]c1N1CCOCC1)c1ccc(Cl)cc1. The molecular formula is C22H19ClN3O+. The number of rotatable bonds is 3. The summed E-state index contributed by atoms with van der Waals surface area (Å²) in [6.45, 7) is 3.04. The average Bonchev–Trinajstić information content (AvgIpc) is 2.73. The van der Waals surface area contributed by atoms with Gasteiger partial charge in [0.25, 0.3) is 5.82 Å². The quantitative estimate of drug-likeness (QED) is 0.643. The van der Waals surface area contributed by atoms with Gasteiger partial charge in [0.15, 0.2) is 0 Å². The van der Waals surface area contributed by atoms with Crippen LogP contribution in [0.5, 0.6) is 0 Å². The first-order valence-electron chi connectivity index (χ1n) is 8.90. The zero-order valence-corrected chi connectivity index (χ0v) is 15.5. The van der Waals surface area contributed by atoms with Crippen LogP contribution in [-0.2, 0) is 4.74 Å². The first-order chi connectivity index (χ1) is 13.2. The Kier molecular flexibility index (Phi) is 5.06. The number of allylic oxidation sites excluding steroid dienone is 1. The molecule has 1 fully saturated rings. The largest absolute Gasteiger partial charge is 0.373 e. The number of H-pyrrole nitrogens is 1. The summed E-state index contributed by atoms with van der Waals surface area (Å²) in [6.07, 6.45) is 1.94. The fraction of sp³-hybridized carbons (Fsp3) is 0.182. The van der Waals surface area contributed by atoms with E-state index in [0.717, 1.165) is 40.9 Å². The van der Waals surface area contributed by atoms with E-state index in [2.05, 4.69) is 34.2 Å². The Morgan fingerprint density at radius 1 is 1.11 bits per heavy atom. The normalized spacial score (nSPS) is 15.0. The third-order valence-corrected chi connectivity index (χ3v) is 4.95. The lowest BCUT2D eigenvalue weighted by Crippen LogP contribution is -2.40. The van der Waals surface area contributed by atoms with Gasteiger partial charge in [0, 0.05) is 10.4 Å². The van der Waals surface area contributed by atoms with E-state index in [1.54, 1.807) is 12.1 Å². The number of fused-ring (bicyclic) bond motifs is 1. The summed E-state index contributed by atoms with van der Waals surface area (Å²) in [5.41, 5.74) is 3.51. The number of aromatic amines is 1. The molecule has 27 heavy (non-hydrogen) atoms. The number of nitriles is 1. The highest BCUT2D eigenvalue weighted by atomic mass is 35.5. The molecule has 0 radical (unpaired) electrons. The molecule has 0 amide bonds. The Labute approximate surface area is 163 Å². The number of morpholine rings is 1. The number of benzene rings is 2. The summed E-state index contributed by atoms with van der Waals surface area (Å²) < 4.78 is 5.50. The zero-order chi connectivity index (χ0) is 18.6. The molecule has 0 unspecified atom stereocenters. The van der Waals surface area contributed by atoms with Gasteiger partial charge in [0.1, 0.15) is 18.6 Å². The Morgan fingerprint density at radius 3 is 2.59 bits per heavy atom. The van der Waals surface area contributed by atoms with Gasteiger partial charge in [-0.2, -0.15) is 5.26 Å². The van der Waals surface area contributed by atoms with Crippen molar-refractivity contribution in [3.63, 3.8) is 0 Å². The van der Waals surface area contributed by atoms with Gasteiger partial charge in [-0.15, -0.1) is 0 Å². The number of anilines is 1. The maximum atomic E-state index is 9.73. The molecule has 4 rings (SSSR count). The van der Waals surface area contributed by atoms with Crippen molar-refractivity contribution in [1.29, 1.82) is 5.26 Å². The number of para-hydroxylation sites is 1. The van der Waals surface area contributed by atoms with E-state index in [1.165, 1.54) is 0 Å². The van der Waals surface area contributed by atoms with Crippen LogP contribution in [0, 0.1) is 11.3 Å². The Morgan fingerprint density at radius 2 is 1.85 bits per heavy atom. The summed E-state index contributed by atoms with van der Waals surface area (Å²) in [5, 5.41) is 11.5. The number of nitrogens with zero attached hydrogens (tertiary/aromatic N) is 2. The zero-order valence-electron chi connectivity index (χ0n) is 14.8. The van der Waals surface area contributed by atoms with E-state index in [1.807, 2.05) is 30.3 Å². The summed E-state index contributed by atoms with van der Waals surface area (Å²) in [6, 6.07) is 20.0. The van der Waals surface area contributed by atoms with E-state index in [9.17, 15) is 5.26 Å². The second-order valence-electron chi connectivity index (χ2n) is 6.44. The molecule has 2 heterocycles. The number of hydrogen-bond donors (Lipinski definition) is 0. The Bertz CT molecular complexity index is 1030. The highest BCUT2D eigenvalue weighted by Crippen LogP contribution is 2.26. The molecule has 1 aromatic heterocycles. The highest BCUT2D eigenvalue weighted by Gasteiger charge is 2.23. The molecule has 5 heteroatoms. The molecule has 3 aromatic rings. The minimum atomic E-state index is 0.602. The molecule has 0 spiro atoms. The Hall–Kier alpha value is -2.87. The smallest absolute Gasteiger partial charge is 0.282 e. The second kappa shape index (κ2) is 7.79. The van der Waals surface area contributed by atoms with E-state index in [0.29, 0.717) is 23.8 Å². The van der Waals surface area contributed by atoms with Crippen LogP contribution in [0.2, 0.25) is 5.02 Å². The summed E-state index contributed by atoms with van der Waals surface area (Å²) in [5.74, 6) is 1.01. The summed E-state index contributed by atoms with van der Waals surface area (Å²) in [7, 11) is 0. The van der Waals surface area contributed by atoms with Crippen molar-refractivity contribution in [1.82, 2.24) is 0 Å². The number of pyridine rings is 1. The van der Waals surface area contributed by atoms with Crippen LogP contribution < -0.4 is 9.88 Å². The summed E-state index contributed by atoms with van der Waals surface area (Å²) in [4.78, 5) is 5.83. The van der Waals surface area contributed by atoms with Gasteiger partial charge in [0.2, 0.25) is 0 Å². The van der Waals surface area contributed by atoms with Crippen LogP contribution in [-0.4, -0.2) is 26.3 Å². The van der Waals surface area contributed by atoms with E-state index in [-0.39, 0.29) is 0 Å². The molecule has 0 saturated carbocycles. The number of aromatic nitrogens is 1. The van der Waals surface area contributed by atoms with Crippen molar-refractivity contribution in [3.05, 3.63) is 70.7 Å². The van der Waals surface area contributed by atoms with Gasteiger partial charge < -0.3 is 4.74 Å². The summed E-state index contributed by atoms with van der Waals surface area (Å²) >= 11 is 5.99. The van der Waals surface area contributed by atoms with Crippen LogP contribution in [0.1, 0.15) is 11.1 Å². The van der Waals surface area contributed by atoms with Crippen molar-refractivity contribution in [2.24, 2.45) is 0 Å². The van der Waals surface area contributed by atoms with Gasteiger partial charge in [-0.1, -0.05) is 41.9 Å². The van der Waals surface area contributed by atoms with Gasteiger partial charge >= 0.3 is 0 Å². The topological polar surface area (TPSA) is 50.4 Å². The van der Waals surface area contributed by atoms with Crippen LogP contribution in [0.4, 0.5) is 5.82 Å². The lowest BCUT2D eigenvalue weighted by Gasteiger charge is -2.22. The van der Waals surface area contributed by atoms with E-state index in [4.69, 9.17) is 16.3 Å². The van der Waals surface area contributed by atoms with Crippen LogP contribution in [0.25, 0.3) is 22.6 Å². The van der Waals surface area contributed by atoms with Gasteiger partial charge in [0.05, 0.1) is 30.4 Å². The minimum Gasteiger partial charge on any atom is -0.373 e. The van der Waals surface area contributed by atoms with Crippen molar-refractivity contribution < 1.29 is 9.72 Å². The molecule has 1 aliphatic rings. The van der Waals surface area contributed by atoms with Crippen molar-refractivity contribution in [2.45, 2.75) is 0 Å². The van der Waals surface area contributed by atoms with Gasteiger partial charge in [-0.25, -0.2) is 4.98 Å². The van der Waals surface area contributed by atoms with Crippen LogP contribution in [0.3, 0.4) is 0 Å². The lowest BCUT2D eigenvalue weighted by atomic mass is 10.0. The van der Waals surface area contributed by atoms with Gasteiger partial charge in [-0.3, -0.25) is 4.90 Å². The average molecular weight is 377 g/mol. The number of hydrogen-bond acceptors (Lipinski definition) is 3. The Balaban J connectivity index is 1.85. The predicted octanol–water partition coefficient (Wildman–Crippen LogP) is 4.21. The molecule has 134 valence electrons. The molecule has 1 N–H and O–H groups in total. The lowest BCUT2D eigenvalue weighted by molar-refractivity contribution is -0.331. The van der Waals surface area contributed by atoms with Crippen molar-refractivity contribution >= 4 is 40.0 Å². The maximum Gasteiger partial charge on any atom is 0.282 e. The second-order valence-corrected chi connectivity index (χ2v) is 6.87. The molecular weight excluding hydrogens is 358 g/mol. The minimum absolute atomic E-state index is 0.602. The van der Waals surface area contributed by atoms with E-state index < -0.39 is 0 Å². The predicted molar refractivity (Wildman–Crippen MR) is 108 cm³/mol. The number of ether oxygens (including phenoxy) is 1. The fourth-order valence-electron chi connectivity index (χ4n) is 3.30. The van der Waals surface area contributed by atoms with Crippen LogP contribution in [0.15, 0.2) is 54.6 Å². The first kappa shape index (κ1) is 17.5. The third kappa shape index (κ3) is 3.80. The molecule has 0 aliphatic carbocycles. The molecule has 1 aliphatic heterocycles. The molecule has 2 aromatic carbocycles. The maximum absolute atomic E-state index is 9.73. The number of nitrogens with one attached hydrogen (secondary N) is 1. The standard InChI is InChI=1S/C22H18ClN3O/c23-20-7-5-16(6-8-20)19(15-24)14-18-13-17-3-1-2-4-21(17)25-22(18)26-9-11-27-12-10-26/h1-8,13-14H,9-12H2/p+1/b19-14-. The fourth-order valence-corrected chi connectivity index (χ4v) is 3.42. The molecule has 0 bridgehead atoms. The molecule has 4 nitrogen and oxygen atoms in total. The van der Waals surface area contributed by atoms with Crippen LogP contribution >= 0.6 is 11.6 Å². The van der Waals surface area contributed by atoms with Crippen molar-refractivity contribution in [3.8, 4) is 6.07 Å².